The summed E-state index contributed by atoms with van der Waals surface area (Å²) in [5.41, 5.74) is 1.72. The third kappa shape index (κ3) is 28.1. The van der Waals surface area contributed by atoms with Gasteiger partial charge in [0.15, 0.2) is 0 Å². The van der Waals surface area contributed by atoms with E-state index in [2.05, 4.69) is 57.2 Å². The van der Waals surface area contributed by atoms with Crippen molar-refractivity contribution in [3.63, 3.8) is 0 Å². The zero-order valence-electron chi connectivity index (χ0n) is 26.3. The Bertz CT molecular complexity index is 741. The van der Waals surface area contributed by atoms with Gasteiger partial charge in [-0.1, -0.05) is 99.3 Å². The number of aliphatic hydroxyl groups excluding tert-OH is 5. The van der Waals surface area contributed by atoms with Crippen molar-refractivity contribution < 1.29 is 44.6 Å². The molecule has 6 N–H and O–H groups in total. The van der Waals surface area contributed by atoms with E-state index in [-0.39, 0.29) is 46.9 Å². The van der Waals surface area contributed by atoms with E-state index in [1.165, 1.54) is 5.68 Å². The van der Waals surface area contributed by atoms with Gasteiger partial charge < -0.3 is 39.8 Å². The molecule has 0 aromatic carbocycles. The summed E-state index contributed by atoms with van der Waals surface area (Å²) in [5, 5.41) is 44.6. The van der Waals surface area contributed by atoms with Crippen LogP contribution in [-0.4, -0.2) is 89.7 Å². The number of carbonyl (C=O) groups excluding carboxylic acids is 1. The minimum atomic E-state index is -1.17. The van der Waals surface area contributed by atoms with Gasteiger partial charge in [-0.05, 0) is 63.2 Å². The molecule has 10 heteroatoms. The van der Waals surface area contributed by atoms with Gasteiger partial charge in [0.05, 0.1) is 6.61 Å². The van der Waals surface area contributed by atoms with Crippen LogP contribution in [0.4, 0.5) is 0 Å². The molecule has 1 aliphatic heterocycles. The molecule has 0 aromatic heterocycles. The first-order valence-electron chi connectivity index (χ1n) is 15.4. The molecule has 1 rings (SSSR count). The highest BCUT2D eigenvalue weighted by atomic mass is 28.2. The van der Waals surface area contributed by atoms with Crippen molar-refractivity contribution >= 4 is 15.2 Å². The Morgan fingerprint density at radius 3 is 1.76 bits per heavy atom. The predicted molar refractivity (Wildman–Crippen MR) is 188 cm³/mol. The second-order valence-electron chi connectivity index (χ2n) is 10.4. The van der Waals surface area contributed by atoms with Crippen LogP contribution in [0.25, 0.3) is 0 Å². The topological polar surface area (TPSA) is 157 Å². The van der Waals surface area contributed by atoms with Crippen molar-refractivity contribution in [1.82, 2.24) is 0 Å². The fourth-order valence-corrected chi connectivity index (χ4v) is 4.31. The minimum Gasteiger partial charge on any atom is -0.519 e. The van der Waals surface area contributed by atoms with Gasteiger partial charge in [-0.25, -0.2) is 0 Å². The number of allylic oxidation sites excluding steroid dienone is 6. The van der Waals surface area contributed by atoms with Crippen LogP contribution in [0, 0.1) is 11.1 Å². The Morgan fingerprint density at radius 1 is 0.933 bits per heavy atom. The summed E-state index contributed by atoms with van der Waals surface area (Å²) in [4.78, 5) is 19.6. The van der Waals surface area contributed by atoms with Crippen LogP contribution < -0.4 is 0 Å². The highest BCUT2D eigenvalue weighted by molar-refractivity contribution is 6.11. The molecule has 1 saturated heterocycles. The maximum atomic E-state index is 12.1. The van der Waals surface area contributed by atoms with Gasteiger partial charge in [-0.2, -0.15) is 0 Å². The quantitative estimate of drug-likeness (QED) is 0.0410. The summed E-state index contributed by atoms with van der Waals surface area (Å²) in [7, 11) is -0.554. The summed E-state index contributed by atoms with van der Waals surface area (Å²) in [5.74, 6) is -0.360. The fourth-order valence-electron chi connectivity index (χ4n) is 4.31. The average molecular weight is 663 g/mol. The molecule has 0 aromatic rings. The number of rotatable bonds is 19. The minimum absolute atomic E-state index is 0. The Labute approximate surface area is 278 Å². The molecule has 0 saturated carbocycles. The maximum absolute atomic E-state index is 12.1. The molecule has 1 fully saturated rings. The van der Waals surface area contributed by atoms with Gasteiger partial charge in [-0.3, -0.25) is 4.79 Å². The molecular formula is C35H70O9Si. The van der Waals surface area contributed by atoms with Crippen LogP contribution in [0.15, 0.2) is 36.5 Å². The molecule has 1 heterocycles. The summed E-state index contributed by atoms with van der Waals surface area (Å²) < 4.78 is 10.3. The van der Waals surface area contributed by atoms with Crippen LogP contribution in [0.2, 0.25) is 0 Å². The number of unbranched alkanes of at least 4 members (excludes halogenated alkanes) is 2. The normalized spacial score (nSPS) is 18.9. The lowest BCUT2D eigenvalue weighted by Crippen LogP contribution is -2.41. The highest BCUT2D eigenvalue weighted by Gasteiger charge is 2.39. The molecule has 0 aliphatic carbocycles. The van der Waals surface area contributed by atoms with E-state index < -0.39 is 33.6 Å². The zero-order valence-corrected chi connectivity index (χ0v) is 27.3. The Hall–Kier alpha value is -1.91. The van der Waals surface area contributed by atoms with Crippen LogP contribution in [0.3, 0.4) is 0 Å². The Morgan fingerprint density at radius 2 is 1.40 bits per heavy atom. The van der Waals surface area contributed by atoms with E-state index in [1.54, 1.807) is 0 Å². The highest BCUT2D eigenvalue weighted by Crippen LogP contribution is 2.38. The zero-order chi connectivity index (χ0) is 32.1. The van der Waals surface area contributed by atoms with Crippen molar-refractivity contribution in [2.24, 2.45) is 5.41 Å². The molecule has 0 spiro atoms. The largest absolute Gasteiger partial charge is 0.519 e. The second-order valence-corrected chi connectivity index (χ2v) is 10.8. The molecule has 45 heavy (non-hydrogen) atoms. The lowest BCUT2D eigenvalue weighted by Gasteiger charge is -2.31. The summed E-state index contributed by atoms with van der Waals surface area (Å²) >= 11 is 0. The second kappa shape index (κ2) is 36.6. The van der Waals surface area contributed by atoms with Gasteiger partial charge >= 0.3 is 5.97 Å². The number of ether oxygens (including phenoxy) is 2. The summed E-state index contributed by atoms with van der Waals surface area (Å²) in [6.45, 7) is 8.46. The molecule has 3 unspecified atom stereocenters. The maximum Gasteiger partial charge on any atom is 0.305 e. The molecule has 1 aliphatic rings. The Balaban J connectivity index is -0.000000432. The van der Waals surface area contributed by atoms with Gasteiger partial charge in [0.1, 0.15) is 36.7 Å². The third-order valence-corrected chi connectivity index (χ3v) is 6.81. The molecule has 268 valence electrons. The fraction of sp³-hybridized carbons (Fsp3) is 0.771. The van der Waals surface area contributed by atoms with Crippen molar-refractivity contribution in [3.8, 4) is 5.68 Å². The first-order chi connectivity index (χ1) is 20.2. The van der Waals surface area contributed by atoms with E-state index in [1.807, 2.05) is 6.92 Å². The van der Waals surface area contributed by atoms with Gasteiger partial charge in [0, 0.05) is 13.0 Å². The van der Waals surface area contributed by atoms with E-state index in [9.17, 15) is 20.1 Å². The molecule has 0 bridgehead atoms. The molecule has 0 amide bonds. The monoisotopic (exact) mass is 662 g/mol. The Kier molecular flexibility index (Phi) is 42.7. The van der Waals surface area contributed by atoms with Crippen LogP contribution in [-0.2, 0) is 14.3 Å². The van der Waals surface area contributed by atoms with E-state index in [0.717, 1.165) is 70.6 Å². The molecular weight excluding hydrogens is 592 g/mol. The van der Waals surface area contributed by atoms with Gasteiger partial charge in [-0.15, -0.1) is 0 Å². The molecule has 9 nitrogen and oxygen atoms in total. The van der Waals surface area contributed by atoms with Gasteiger partial charge in [0.25, 0.3) is 9.20 Å². The molecule has 4 atom stereocenters. The number of aliphatic hydroxyl groups is 5. The number of hydrogen-bond donors (Lipinski definition) is 6. The summed E-state index contributed by atoms with van der Waals surface area (Å²) in [6, 6.07) is 0. The van der Waals surface area contributed by atoms with Gasteiger partial charge in [0.2, 0.25) is 0 Å². The van der Waals surface area contributed by atoms with Crippen molar-refractivity contribution in [2.75, 3.05) is 19.8 Å². The number of carbonyl (C=O) groups is 1. The number of esters is 1. The third-order valence-electron chi connectivity index (χ3n) is 6.71. The molecule has 0 radical (unpaired) electrons. The average Bonchev–Trinajstić information content (AvgIpc) is 3.33. The predicted octanol–water partition coefficient (Wildman–Crippen LogP) is 6.20. The van der Waals surface area contributed by atoms with Crippen LogP contribution >= 0.6 is 0 Å². The summed E-state index contributed by atoms with van der Waals surface area (Å²) in [6.07, 6.45) is 20.8. The van der Waals surface area contributed by atoms with Crippen molar-refractivity contribution in [1.29, 1.82) is 0 Å². The van der Waals surface area contributed by atoms with E-state index in [0.29, 0.717) is 13.0 Å². The standard InChI is InChI=1S/C28H48O6.C3H8O.CH2O2Si.3CH4/c1-4-7-12-17-28(18-13-8-5-2,19-14-9-6-3)20-15-10-11-16-25(31)33-22-24(30)27-26(32)23(29)21-34-27;1-2-3-4;2-1-4-3;;;/h7-9,12-14,23-24,26-27,29-30,32H,4-6,10-11,15-22H2,1-3H3;4H,2-3H2,1H3;2-3H;3*1H4/t23?,24-,26?,27?,28?;;;;;/m1...../s1. The van der Waals surface area contributed by atoms with E-state index >= 15 is 0 Å². The van der Waals surface area contributed by atoms with E-state index in [4.69, 9.17) is 24.5 Å². The van der Waals surface area contributed by atoms with Crippen LogP contribution in [0.1, 0.15) is 127 Å². The number of hydrogen-bond acceptors (Lipinski definition) is 9. The smallest absolute Gasteiger partial charge is 0.305 e. The SMILES string of the molecule is C.C.C.CCC=CCC(CC=CCC)(CC=CCC)CCCCCC(=O)OC[C@@H](O)C1OCC(O)C1O.CCCO.OC#[Si]O. The van der Waals surface area contributed by atoms with Crippen molar-refractivity contribution in [3.05, 3.63) is 36.5 Å². The van der Waals surface area contributed by atoms with Crippen molar-refractivity contribution in [2.45, 2.75) is 151 Å². The van der Waals surface area contributed by atoms with Crippen LogP contribution in [0.5, 0.6) is 0 Å². The first-order valence-corrected chi connectivity index (χ1v) is 16.3. The first kappa shape index (κ1) is 52.6. The lowest BCUT2D eigenvalue weighted by atomic mass is 9.73. The lowest BCUT2D eigenvalue weighted by molar-refractivity contribution is -0.151.